The van der Waals surface area contributed by atoms with Crippen LogP contribution < -0.4 is 5.32 Å². The molecular formula is C18H15FN6O3. The number of hydrogen-bond acceptors (Lipinski definition) is 7. The third-order valence-corrected chi connectivity index (χ3v) is 4.25. The van der Waals surface area contributed by atoms with Gasteiger partial charge >= 0.3 is 5.97 Å². The molecule has 0 bridgehead atoms. The lowest BCUT2D eigenvalue weighted by molar-refractivity contribution is 0.0595. The standard InChI is InChI=1S/C18H15FN6O3/c1-28-18(27)16-13(8-11(19)15(22-16)10-2-3-10)21-17(26)12-4-5-14(24-23-12)25-7-6-20-9-25/h4-10H,2-3H2,1H3,(H,21,26). The maximum Gasteiger partial charge on any atom is 0.358 e. The number of halogens is 1. The van der Waals surface area contributed by atoms with Crippen LogP contribution >= 0.6 is 0 Å². The summed E-state index contributed by atoms with van der Waals surface area (Å²) in [5.41, 5.74) is -0.0318. The zero-order chi connectivity index (χ0) is 19.7. The van der Waals surface area contributed by atoms with Crippen LogP contribution in [0.5, 0.6) is 0 Å². The summed E-state index contributed by atoms with van der Waals surface area (Å²) in [5, 5.41) is 10.3. The van der Waals surface area contributed by atoms with E-state index in [1.54, 1.807) is 29.4 Å². The number of esters is 1. The maximum atomic E-state index is 14.3. The van der Waals surface area contributed by atoms with Gasteiger partial charge in [-0.1, -0.05) is 0 Å². The van der Waals surface area contributed by atoms with Crippen LogP contribution in [-0.4, -0.2) is 43.7 Å². The molecule has 0 saturated heterocycles. The molecule has 28 heavy (non-hydrogen) atoms. The van der Waals surface area contributed by atoms with E-state index in [9.17, 15) is 14.0 Å². The average molecular weight is 382 g/mol. The molecule has 9 nitrogen and oxygen atoms in total. The largest absolute Gasteiger partial charge is 0.464 e. The second kappa shape index (κ2) is 7.14. The van der Waals surface area contributed by atoms with Crippen LogP contribution in [0.1, 0.15) is 45.4 Å². The van der Waals surface area contributed by atoms with E-state index >= 15 is 0 Å². The Kier molecular flexibility index (Phi) is 4.52. The first-order valence-corrected chi connectivity index (χ1v) is 8.49. The monoisotopic (exact) mass is 382 g/mol. The van der Waals surface area contributed by atoms with E-state index in [4.69, 9.17) is 4.74 Å². The molecule has 3 aromatic heterocycles. The molecule has 1 aliphatic carbocycles. The average Bonchev–Trinajstić information content (AvgIpc) is 3.40. The Morgan fingerprint density at radius 3 is 2.71 bits per heavy atom. The topological polar surface area (TPSA) is 112 Å². The predicted molar refractivity (Wildman–Crippen MR) is 94.6 cm³/mol. The Bertz CT molecular complexity index is 1030. The molecule has 0 atom stereocenters. The summed E-state index contributed by atoms with van der Waals surface area (Å²) < 4.78 is 20.7. The van der Waals surface area contributed by atoms with Gasteiger partial charge in [0, 0.05) is 24.4 Å². The zero-order valence-electron chi connectivity index (χ0n) is 14.8. The van der Waals surface area contributed by atoms with Gasteiger partial charge in [-0.2, -0.15) is 0 Å². The van der Waals surface area contributed by atoms with Crippen LogP contribution in [0.25, 0.3) is 5.82 Å². The lowest BCUT2D eigenvalue weighted by Gasteiger charge is -2.11. The lowest BCUT2D eigenvalue weighted by Crippen LogP contribution is -2.19. The van der Waals surface area contributed by atoms with Gasteiger partial charge in [0.2, 0.25) is 0 Å². The van der Waals surface area contributed by atoms with Gasteiger partial charge in [0.05, 0.1) is 18.5 Å². The third kappa shape index (κ3) is 3.43. The maximum absolute atomic E-state index is 14.3. The Morgan fingerprint density at radius 2 is 2.11 bits per heavy atom. The number of imidazole rings is 1. The fraction of sp³-hybridized carbons (Fsp3) is 0.222. The highest BCUT2D eigenvalue weighted by atomic mass is 19.1. The predicted octanol–water partition coefficient (Wildman–Crippen LogP) is 2.11. The number of ether oxygens (including phenoxy) is 1. The number of amides is 1. The SMILES string of the molecule is COC(=O)c1nc(C2CC2)c(F)cc1NC(=O)c1ccc(-n2ccnc2)nn1. The summed E-state index contributed by atoms with van der Waals surface area (Å²) in [6.07, 6.45) is 6.44. The summed E-state index contributed by atoms with van der Waals surface area (Å²) in [5.74, 6) is -1.53. The van der Waals surface area contributed by atoms with Gasteiger partial charge in [-0.05, 0) is 25.0 Å². The fourth-order valence-electron chi connectivity index (χ4n) is 2.66. The first-order valence-electron chi connectivity index (χ1n) is 8.49. The second-order valence-electron chi connectivity index (χ2n) is 6.22. The van der Waals surface area contributed by atoms with Crippen LogP contribution in [0.3, 0.4) is 0 Å². The van der Waals surface area contributed by atoms with Crippen LogP contribution in [0.15, 0.2) is 36.9 Å². The van der Waals surface area contributed by atoms with E-state index in [1.165, 1.54) is 13.2 Å². The Balaban J connectivity index is 1.60. The van der Waals surface area contributed by atoms with Crippen molar-refractivity contribution >= 4 is 17.6 Å². The second-order valence-corrected chi connectivity index (χ2v) is 6.22. The van der Waals surface area contributed by atoms with Crippen molar-refractivity contribution in [2.24, 2.45) is 0 Å². The number of nitrogens with zero attached hydrogens (tertiary/aromatic N) is 5. The van der Waals surface area contributed by atoms with Gasteiger partial charge in [0.1, 0.15) is 12.1 Å². The molecule has 3 aromatic rings. The molecule has 1 N–H and O–H groups in total. The van der Waals surface area contributed by atoms with Gasteiger partial charge in [-0.3, -0.25) is 9.36 Å². The third-order valence-electron chi connectivity index (χ3n) is 4.25. The van der Waals surface area contributed by atoms with Crippen molar-refractivity contribution in [3.63, 3.8) is 0 Å². The summed E-state index contributed by atoms with van der Waals surface area (Å²) in [7, 11) is 1.19. The quantitative estimate of drug-likeness (QED) is 0.673. The smallest absolute Gasteiger partial charge is 0.358 e. The first kappa shape index (κ1) is 17.7. The van der Waals surface area contributed by atoms with Crippen molar-refractivity contribution in [1.82, 2.24) is 24.7 Å². The number of aromatic nitrogens is 5. The minimum atomic E-state index is -0.765. The molecule has 1 amide bonds. The molecule has 10 heteroatoms. The van der Waals surface area contributed by atoms with E-state index in [0.29, 0.717) is 5.82 Å². The number of anilines is 1. The van der Waals surface area contributed by atoms with Gasteiger partial charge in [-0.25, -0.2) is 19.2 Å². The van der Waals surface area contributed by atoms with Crippen LogP contribution in [0.4, 0.5) is 10.1 Å². The van der Waals surface area contributed by atoms with Crippen LogP contribution in [0.2, 0.25) is 0 Å². The Hall–Kier alpha value is -3.69. The van der Waals surface area contributed by atoms with E-state index < -0.39 is 17.7 Å². The zero-order valence-corrected chi connectivity index (χ0v) is 14.8. The highest BCUT2D eigenvalue weighted by Gasteiger charge is 2.31. The molecule has 0 aromatic carbocycles. The number of carbonyl (C=O) groups is 2. The lowest BCUT2D eigenvalue weighted by atomic mass is 10.2. The summed E-state index contributed by atoms with van der Waals surface area (Å²) >= 11 is 0. The van der Waals surface area contributed by atoms with Gasteiger partial charge in [0.25, 0.3) is 5.91 Å². The number of rotatable bonds is 5. The van der Waals surface area contributed by atoms with Gasteiger partial charge in [-0.15, -0.1) is 10.2 Å². The number of nitrogens with one attached hydrogen (secondary N) is 1. The molecule has 1 fully saturated rings. The van der Waals surface area contributed by atoms with E-state index in [2.05, 4.69) is 25.5 Å². The molecule has 0 aliphatic heterocycles. The number of methoxy groups -OCH3 is 1. The molecule has 0 unspecified atom stereocenters. The molecule has 0 spiro atoms. The highest BCUT2D eigenvalue weighted by Crippen LogP contribution is 2.41. The van der Waals surface area contributed by atoms with E-state index in [-0.39, 0.29) is 28.7 Å². The van der Waals surface area contributed by atoms with Crippen molar-refractivity contribution in [2.75, 3.05) is 12.4 Å². The summed E-state index contributed by atoms with van der Waals surface area (Å²) in [6.45, 7) is 0. The van der Waals surface area contributed by atoms with Crippen molar-refractivity contribution in [3.05, 3.63) is 59.8 Å². The molecule has 142 valence electrons. The minimum Gasteiger partial charge on any atom is -0.464 e. The minimum absolute atomic E-state index is 0.00487. The first-order chi connectivity index (χ1) is 13.6. The van der Waals surface area contributed by atoms with E-state index in [1.807, 2.05) is 0 Å². The van der Waals surface area contributed by atoms with E-state index in [0.717, 1.165) is 18.9 Å². The highest BCUT2D eigenvalue weighted by molar-refractivity contribution is 6.06. The molecule has 0 radical (unpaired) electrons. The fourth-order valence-corrected chi connectivity index (χ4v) is 2.66. The van der Waals surface area contributed by atoms with Gasteiger partial charge < -0.3 is 10.1 Å². The van der Waals surface area contributed by atoms with Gasteiger partial charge in [0.15, 0.2) is 17.2 Å². The van der Waals surface area contributed by atoms with Crippen molar-refractivity contribution < 1.29 is 18.7 Å². The Morgan fingerprint density at radius 1 is 1.29 bits per heavy atom. The molecule has 1 aliphatic rings. The number of pyridine rings is 1. The molecule has 4 rings (SSSR count). The Labute approximate surface area is 158 Å². The van der Waals surface area contributed by atoms with Crippen molar-refractivity contribution in [3.8, 4) is 5.82 Å². The number of carbonyl (C=O) groups excluding carboxylic acids is 2. The van der Waals surface area contributed by atoms with Crippen LogP contribution in [-0.2, 0) is 4.74 Å². The summed E-state index contributed by atoms with van der Waals surface area (Å²) in [6, 6.07) is 4.12. The molecular weight excluding hydrogens is 367 g/mol. The van der Waals surface area contributed by atoms with Crippen LogP contribution in [0, 0.1) is 5.82 Å². The van der Waals surface area contributed by atoms with Crippen molar-refractivity contribution in [1.29, 1.82) is 0 Å². The summed E-state index contributed by atoms with van der Waals surface area (Å²) in [4.78, 5) is 32.5. The normalized spacial score (nSPS) is 13.2. The molecule has 1 saturated carbocycles. The molecule has 3 heterocycles. The van der Waals surface area contributed by atoms with Crippen molar-refractivity contribution in [2.45, 2.75) is 18.8 Å². The number of hydrogen-bond donors (Lipinski definition) is 1.